The second-order valence-corrected chi connectivity index (χ2v) is 17.4. The minimum Gasteiger partial charge on any atom is -0.462 e. The maximum Gasteiger partial charge on any atom is 0.310 e. The van der Waals surface area contributed by atoms with Crippen molar-refractivity contribution in [2.45, 2.75) is 245 Å². The van der Waals surface area contributed by atoms with Gasteiger partial charge in [-0.2, -0.15) is 0 Å². The zero-order valence-corrected chi connectivity index (χ0v) is 42.2. The summed E-state index contributed by atoms with van der Waals surface area (Å²) < 4.78 is 16.7. The first kappa shape index (κ1) is 61.3. The molecular formula is C59H98O6. The van der Waals surface area contributed by atoms with Crippen LogP contribution in [0.3, 0.4) is 0 Å². The fourth-order valence-electron chi connectivity index (χ4n) is 7.11. The van der Waals surface area contributed by atoms with E-state index in [4.69, 9.17) is 14.2 Å². The van der Waals surface area contributed by atoms with Crippen molar-refractivity contribution in [1.82, 2.24) is 0 Å². The largest absolute Gasteiger partial charge is 0.462 e. The van der Waals surface area contributed by atoms with Gasteiger partial charge < -0.3 is 14.2 Å². The Kier molecular flexibility index (Phi) is 50.0. The molecule has 6 heteroatoms. The van der Waals surface area contributed by atoms with E-state index >= 15 is 0 Å². The SMILES string of the molecule is CC/C=C\C/C=C\C/C=C\C/C=C\C/C=C\CC(=O)OC(COC(=O)CCCCCCCC/C=C\C/C=C\C/C=C\CCCCCCC)COC(=O)CCCCCCCCCCCCC. The van der Waals surface area contributed by atoms with Gasteiger partial charge in [-0.25, -0.2) is 0 Å². The van der Waals surface area contributed by atoms with Crippen molar-refractivity contribution in [3.05, 3.63) is 97.2 Å². The highest BCUT2D eigenvalue weighted by Gasteiger charge is 2.19. The Labute approximate surface area is 400 Å². The Morgan fingerprint density at radius 2 is 0.646 bits per heavy atom. The van der Waals surface area contributed by atoms with Crippen LogP contribution in [0.5, 0.6) is 0 Å². The van der Waals surface area contributed by atoms with E-state index in [1.54, 1.807) is 6.08 Å². The van der Waals surface area contributed by atoms with Gasteiger partial charge in [-0.15, -0.1) is 0 Å². The molecule has 0 bridgehead atoms. The van der Waals surface area contributed by atoms with E-state index < -0.39 is 12.1 Å². The summed E-state index contributed by atoms with van der Waals surface area (Å²) in [5, 5.41) is 0. The number of unbranched alkanes of at least 4 members (excludes halogenated alkanes) is 21. The average molecular weight is 903 g/mol. The van der Waals surface area contributed by atoms with Gasteiger partial charge in [0, 0.05) is 12.8 Å². The molecule has 0 radical (unpaired) electrons. The van der Waals surface area contributed by atoms with E-state index in [1.165, 1.54) is 103 Å². The van der Waals surface area contributed by atoms with Crippen molar-refractivity contribution in [2.24, 2.45) is 0 Å². The Morgan fingerprint density at radius 1 is 0.338 bits per heavy atom. The van der Waals surface area contributed by atoms with Crippen LogP contribution in [0.15, 0.2) is 97.2 Å². The van der Waals surface area contributed by atoms with Crippen molar-refractivity contribution in [2.75, 3.05) is 13.2 Å². The molecule has 65 heavy (non-hydrogen) atoms. The molecule has 0 spiro atoms. The molecule has 0 N–H and O–H groups in total. The molecule has 0 aliphatic heterocycles. The molecule has 0 amide bonds. The first-order valence-corrected chi connectivity index (χ1v) is 26.7. The molecule has 1 unspecified atom stereocenters. The molecule has 0 fully saturated rings. The van der Waals surface area contributed by atoms with Crippen molar-refractivity contribution in [3.8, 4) is 0 Å². The summed E-state index contributed by atoms with van der Waals surface area (Å²) in [7, 11) is 0. The molecule has 0 saturated heterocycles. The number of ether oxygens (including phenoxy) is 3. The van der Waals surface area contributed by atoms with Crippen LogP contribution in [0, 0.1) is 0 Å². The third-order valence-electron chi connectivity index (χ3n) is 11.1. The van der Waals surface area contributed by atoms with Gasteiger partial charge in [-0.1, -0.05) is 234 Å². The molecule has 1 atom stereocenters. The molecule has 370 valence electrons. The Morgan fingerprint density at radius 3 is 1.02 bits per heavy atom. The lowest BCUT2D eigenvalue weighted by Gasteiger charge is -2.18. The highest BCUT2D eigenvalue weighted by Crippen LogP contribution is 2.14. The first-order chi connectivity index (χ1) is 32.0. The quantitative estimate of drug-likeness (QED) is 0.0262. The second-order valence-electron chi connectivity index (χ2n) is 17.4. The third kappa shape index (κ3) is 51.2. The molecule has 0 saturated carbocycles. The maximum absolute atomic E-state index is 12.7. The van der Waals surface area contributed by atoms with E-state index in [-0.39, 0.29) is 31.6 Å². The van der Waals surface area contributed by atoms with Crippen LogP contribution >= 0.6 is 0 Å². The van der Waals surface area contributed by atoms with Crippen LogP contribution in [0.4, 0.5) is 0 Å². The average Bonchev–Trinajstić information content (AvgIpc) is 3.30. The van der Waals surface area contributed by atoms with Crippen molar-refractivity contribution in [3.63, 3.8) is 0 Å². The van der Waals surface area contributed by atoms with Crippen molar-refractivity contribution < 1.29 is 28.6 Å². The van der Waals surface area contributed by atoms with Crippen molar-refractivity contribution in [1.29, 1.82) is 0 Å². The molecule has 0 rings (SSSR count). The van der Waals surface area contributed by atoms with Gasteiger partial charge in [0.05, 0.1) is 6.42 Å². The number of esters is 3. The fourth-order valence-corrected chi connectivity index (χ4v) is 7.11. The lowest BCUT2D eigenvalue weighted by atomic mass is 10.1. The van der Waals surface area contributed by atoms with Gasteiger partial charge in [0.1, 0.15) is 13.2 Å². The van der Waals surface area contributed by atoms with Crippen LogP contribution in [0.2, 0.25) is 0 Å². The van der Waals surface area contributed by atoms with Gasteiger partial charge in [-0.3, -0.25) is 14.4 Å². The Hall–Kier alpha value is -3.67. The van der Waals surface area contributed by atoms with E-state index in [2.05, 4.69) is 106 Å². The lowest BCUT2D eigenvalue weighted by molar-refractivity contribution is -0.166. The molecule has 0 heterocycles. The molecular weight excluding hydrogens is 805 g/mol. The number of allylic oxidation sites excluding steroid dienone is 15. The normalized spacial score (nSPS) is 12.8. The van der Waals surface area contributed by atoms with E-state index in [1.807, 2.05) is 6.08 Å². The van der Waals surface area contributed by atoms with Crippen LogP contribution in [0.1, 0.15) is 239 Å². The van der Waals surface area contributed by atoms with Crippen LogP contribution in [0.25, 0.3) is 0 Å². The summed E-state index contributed by atoms with van der Waals surface area (Å²) in [6.45, 7) is 6.40. The highest BCUT2D eigenvalue weighted by molar-refractivity contribution is 5.72. The first-order valence-electron chi connectivity index (χ1n) is 26.7. The summed E-state index contributed by atoms with van der Waals surface area (Å²) in [5.41, 5.74) is 0. The fraction of sp³-hybridized carbons (Fsp3) is 0.678. The summed E-state index contributed by atoms with van der Waals surface area (Å²) in [5.74, 6) is -1.07. The molecule has 0 aromatic heterocycles. The van der Waals surface area contributed by atoms with E-state index in [9.17, 15) is 14.4 Å². The van der Waals surface area contributed by atoms with Gasteiger partial charge in [-0.05, 0) is 83.5 Å². The monoisotopic (exact) mass is 903 g/mol. The van der Waals surface area contributed by atoms with Gasteiger partial charge in [0.25, 0.3) is 0 Å². The standard InChI is InChI=1S/C59H98O6/c1-4-7-10-13-16-19-22-24-26-27-28-29-30-31-33-34-37-40-43-46-49-52-58(61)64-55-56(54-63-57(60)51-48-45-42-39-36-21-18-15-12-9-6-3)65-59(62)53-50-47-44-41-38-35-32-25-23-20-17-14-11-8-5-2/h8,11,17,20,22,24-25,27-28,30-32,38,41,47,50,56H,4-7,9-10,12-16,18-19,21,23,26,29,33-37,39-40,42-46,48-49,51-55H2,1-3H3/b11-8-,20-17-,24-22-,28-27-,31-30-,32-25-,41-38-,50-47-. The molecule has 0 aromatic carbocycles. The van der Waals surface area contributed by atoms with Gasteiger partial charge in [0.2, 0.25) is 0 Å². The third-order valence-corrected chi connectivity index (χ3v) is 11.1. The van der Waals surface area contributed by atoms with E-state index in [0.717, 1.165) is 96.3 Å². The minimum atomic E-state index is -0.836. The smallest absolute Gasteiger partial charge is 0.310 e. The Balaban J connectivity index is 4.47. The summed E-state index contributed by atoms with van der Waals surface area (Å²) in [4.78, 5) is 37.9. The topological polar surface area (TPSA) is 78.9 Å². The number of hydrogen-bond acceptors (Lipinski definition) is 6. The lowest BCUT2D eigenvalue weighted by Crippen LogP contribution is -2.30. The highest BCUT2D eigenvalue weighted by atomic mass is 16.6. The van der Waals surface area contributed by atoms with Crippen molar-refractivity contribution >= 4 is 17.9 Å². The van der Waals surface area contributed by atoms with Gasteiger partial charge in [0.15, 0.2) is 6.10 Å². The second kappa shape index (κ2) is 52.9. The van der Waals surface area contributed by atoms with Crippen LogP contribution in [-0.2, 0) is 28.6 Å². The number of rotatable bonds is 47. The van der Waals surface area contributed by atoms with Crippen LogP contribution < -0.4 is 0 Å². The Bertz CT molecular complexity index is 1310. The summed E-state index contributed by atoms with van der Waals surface area (Å²) in [6.07, 6.45) is 69.9. The van der Waals surface area contributed by atoms with E-state index in [0.29, 0.717) is 12.8 Å². The van der Waals surface area contributed by atoms with Gasteiger partial charge >= 0.3 is 17.9 Å². The summed E-state index contributed by atoms with van der Waals surface area (Å²) in [6, 6.07) is 0. The molecule has 0 aromatic rings. The number of carbonyl (C=O) groups excluding carboxylic acids is 3. The molecule has 0 aliphatic rings. The maximum atomic E-state index is 12.7. The zero-order chi connectivity index (χ0) is 47.2. The predicted octanol–water partition coefficient (Wildman–Crippen LogP) is 17.8. The number of hydrogen-bond donors (Lipinski definition) is 0. The predicted molar refractivity (Wildman–Crippen MR) is 279 cm³/mol. The summed E-state index contributed by atoms with van der Waals surface area (Å²) >= 11 is 0. The molecule has 0 aliphatic carbocycles. The molecule has 6 nitrogen and oxygen atoms in total. The minimum absolute atomic E-state index is 0.0930. The zero-order valence-electron chi connectivity index (χ0n) is 42.2. The van der Waals surface area contributed by atoms with Crippen LogP contribution in [-0.4, -0.2) is 37.2 Å². The number of carbonyl (C=O) groups is 3.